The molecule has 0 aliphatic carbocycles. The molecule has 0 spiro atoms. The molecule has 7 nitrogen and oxygen atoms in total. The molecule has 2 saturated heterocycles. The Morgan fingerprint density at radius 3 is 2.71 bits per heavy atom. The van der Waals surface area contributed by atoms with E-state index in [2.05, 4.69) is 4.90 Å². The second-order valence-corrected chi connectivity index (χ2v) is 7.72. The average molecular weight is 384 g/mol. The predicted molar refractivity (Wildman–Crippen MR) is 108 cm³/mol. The second kappa shape index (κ2) is 7.91. The first-order valence-electron chi connectivity index (χ1n) is 9.98. The minimum Gasteiger partial charge on any atom is -0.497 e. The number of hydrogen-bond acceptors (Lipinski definition) is 6. The number of amides is 1. The van der Waals surface area contributed by atoms with Crippen LogP contribution < -0.4 is 9.64 Å². The van der Waals surface area contributed by atoms with Gasteiger partial charge in [0.05, 0.1) is 31.0 Å². The molecule has 2 fully saturated rings. The quantitative estimate of drug-likeness (QED) is 0.806. The van der Waals surface area contributed by atoms with Crippen LogP contribution in [0.5, 0.6) is 5.75 Å². The van der Waals surface area contributed by atoms with E-state index in [1.54, 1.807) is 7.11 Å². The fraction of sp³-hybridized carbons (Fsp3) is 0.571. The number of methoxy groups -OCH3 is 1. The molecule has 7 heteroatoms. The lowest BCUT2D eigenvalue weighted by atomic mass is 9.95. The van der Waals surface area contributed by atoms with Crippen LogP contribution in [-0.2, 0) is 9.53 Å². The van der Waals surface area contributed by atoms with Crippen molar-refractivity contribution in [2.24, 2.45) is 5.92 Å². The first-order chi connectivity index (χ1) is 13.6. The SMILES string of the molecule is COc1ccc2c(C)nc(N3CCC(C(=O)N(C)C4CCOC4)CC3)nc2c1. The Balaban J connectivity index is 1.45. The summed E-state index contributed by atoms with van der Waals surface area (Å²) in [5.41, 5.74) is 1.85. The van der Waals surface area contributed by atoms with E-state index in [4.69, 9.17) is 19.4 Å². The van der Waals surface area contributed by atoms with Gasteiger partial charge >= 0.3 is 0 Å². The van der Waals surface area contributed by atoms with Gasteiger partial charge in [0.2, 0.25) is 11.9 Å². The van der Waals surface area contributed by atoms with Crippen LogP contribution in [0.25, 0.3) is 10.9 Å². The van der Waals surface area contributed by atoms with E-state index in [0.29, 0.717) is 6.61 Å². The summed E-state index contributed by atoms with van der Waals surface area (Å²) in [7, 11) is 3.57. The maximum Gasteiger partial charge on any atom is 0.226 e. The van der Waals surface area contributed by atoms with E-state index < -0.39 is 0 Å². The summed E-state index contributed by atoms with van der Waals surface area (Å²) >= 11 is 0. The van der Waals surface area contributed by atoms with Crippen molar-refractivity contribution in [2.75, 3.05) is 45.4 Å². The van der Waals surface area contributed by atoms with Crippen molar-refractivity contribution in [3.05, 3.63) is 23.9 Å². The summed E-state index contributed by atoms with van der Waals surface area (Å²) in [5, 5.41) is 1.04. The van der Waals surface area contributed by atoms with Crippen molar-refractivity contribution in [2.45, 2.75) is 32.2 Å². The van der Waals surface area contributed by atoms with Gasteiger partial charge in [-0.3, -0.25) is 4.79 Å². The molecule has 0 N–H and O–H groups in total. The van der Waals surface area contributed by atoms with E-state index >= 15 is 0 Å². The van der Waals surface area contributed by atoms with Crippen LogP contribution >= 0.6 is 0 Å². The monoisotopic (exact) mass is 384 g/mol. The molecule has 0 bridgehead atoms. The second-order valence-electron chi connectivity index (χ2n) is 7.72. The largest absolute Gasteiger partial charge is 0.497 e. The average Bonchev–Trinajstić information content (AvgIpc) is 3.27. The van der Waals surface area contributed by atoms with Gasteiger partial charge in [-0.05, 0) is 38.3 Å². The summed E-state index contributed by atoms with van der Waals surface area (Å²) < 4.78 is 10.8. The van der Waals surface area contributed by atoms with E-state index in [-0.39, 0.29) is 17.9 Å². The number of rotatable bonds is 4. The Hall–Kier alpha value is -2.41. The lowest BCUT2D eigenvalue weighted by molar-refractivity contribution is -0.137. The molecule has 150 valence electrons. The number of hydrogen-bond donors (Lipinski definition) is 0. The van der Waals surface area contributed by atoms with Gasteiger partial charge in [-0.1, -0.05) is 0 Å². The van der Waals surface area contributed by atoms with Crippen LogP contribution in [0, 0.1) is 12.8 Å². The molecule has 4 rings (SSSR count). The minimum atomic E-state index is 0.0727. The maximum absolute atomic E-state index is 12.8. The molecule has 0 radical (unpaired) electrons. The number of likely N-dealkylation sites (N-methyl/N-ethyl adjacent to an activating group) is 1. The number of piperidine rings is 1. The molecule has 1 atom stereocenters. The number of aryl methyl sites for hydroxylation is 1. The summed E-state index contributed by atoms with van der Waals surface area (Å²) in [5.74, 6) is 1.85. The molecule has 2 aromatic rings. The predicted octanol–water partition coefficient (Wildman–Crippen LogP) is 2.41. The van der Waals surface area contributed by atoms with E-state index in [1.807, 2.05) is 37.1 Å². The first-order valence-corrected chi connectivity index (χ1v) is 9.98. The number of aromatic nitrogens is 2. The fourth-order valence-electron chi connectivity index (χ4n) is 4.14. The third-order valence-electron chi connectivity index (χ3n) is 6.01. The van der Waals surface area contributed by atoms with Gasteiger partial charge in [0.25, 0.3) is 0 Å². The number of carbonyl (C=O) groups excluding carboxylic acids is 1. The molecular formula is C21H28N4O3. The number of carbonyl (C=O) groups is 1. The highest BCUT2D eigenvalue weighted by Gasteiger charge is 2.32. The molecular weight excluding hydrogens is 356 g/mol. The molecule has 0 saturated carbocycles. The number of nitrogens with zero attached hydrogens (tertiary/aromatic N) is 4. The standard InChI is InChI=1S/C21H28N4O3/c1-14-18-5-4-17(27-3)12-19(18)23-21(22-14)25-9-6-15(7-10-25)20(26)24(2)16-8-11-28-13-16/h4-5,12,15-16H,6-11,13H2,1-3H3. The van der Waals surface area contributed by atoms with E-state index in [0.717, 1.165) is 67.3 Å². The molecule has 3 heterocycles. The van der Waals surface area contributed by atoms with Crippen LogP contribution in [-0.4, -0.2) is 67.3 Å². The zero-order valence-corrected chi connectivity index (χ0v) is 16.9. The summed E-state index contributed by atoms with van der Waals surface area (Å²) in [4.78, 5) is 26.4. The van der Waals surface area contributed by atoms with Crippen LogP contribution in [0.2, 0.25) is 0 Å². The Labute approximate surface area is 165 Å². The van der Waals surface area contributed by atoms with Gasteiger partial charge in [-0.25, -0.2) is 9.97 Å². The first kappa shape index (κ1) is 18.9. The van der Waals surface area contributed by atoms with Gasteiger partial charge in [0.1, 0.15) is 5.75 Å². The Morgan fingerprint density at radius 1 is 1.25 bits per heavy atom. The van der Waals surface area contributed by atoms with Crippen molar-refractivity contribution in [3.63, 3.8) is 0 Å². The van der Waals surface area contributed by atoms with Crippen LogP contribution in [0.4, 0.5) is 5.95 Å². The van der Waals surface area contributed by atoms with Gasteiger partial charge < -0.3 is 19.3 Å². The van der Waals surface area contributed by atoms with Crippen molar-refractivity contribution >= 4 is 22.8 Å². The molecule has 1 aromatic carbocycles. The smallest absolute Gasteiger partial charge is 0.226 e. The van der Waals surface area contributed by atoms with Crippen LogP contribution in [0.3, 0.4) is 0 Å². The number of fused-ring (bicyclic) bond motifs is 1. The van der Waals surface area contributed by atoms with Gasteiger partial charge in [0.15, 0.2) is 0 Å². The van der Waals surface area contributed by atoms with E-state index in [9.17, 15) is 4.79 Å². The van der Waals surface area contributed by atoms with Crippen molar-refractivity contribution in [3.8, 4) is 5.75 Å². The molecule has 1 amide bonds. The van der Waals surface area contributed by atoms with Crippen LogP contribution in [0.15, 0.2) is 18.2 Å². The van der Waals surface area contributed by atoms with Gasteiger partial charge in [-0.15, -0.1) is 0 Å². The summed E-state index contributed by atoms with van der Waals surface area (Å²) in [6.45, 7) is 5.01. The van der Waals surface area contributed by atoms with Crippen molar-refractivity contribution in [1.29, 1.82) is 0 Å². The minimum absolute atomic E-state index is 0.0727. The zero-order chi connectivity index (χ0) is 19.7. The third-order valence-corrected chi connectivity index (χ3v) is 6.01. The fourth-order valence-corrected chi connectivity index (χ4v) is 4.14. The summed E-state index contributed by atoms with van der Waals surface area (Å²) in [6.07, 6.45) is 2.60. The number of benzene rings is 1. The molecule has 2 aliphatic heterocycles. The lowest BCUT2D eigenvalue weighted by Gasteiger charge is -2.34. The molecule has 1 unspecified atom stereocenters. The highest BCUT2D eigenvalue weighted by molar-refractivity contribution is 5.83. The van der Waals surface area contributed by atoms with Crippen molar-refractivity contribution < 1.29 is 14.3 Å². The maximum atomic E-state index is 12.8. The Morgan fingerprint density at radius 2 is 2.04 bits per heavy atom. The highest BCUT2D eigenvalue weighted by atomic mass is 16.5. The molecule has 1 aromatic heterocycles. The topological polar surface area (TPSA) is 67.8 Å². The number of anilines is 1. The van der Waals surface area contributed by atoms with Crippen molar-refractivity contribution in [1.82, 2.24) is 14.9 Å². The Kier molecular flexibility index (Phi) is 5.35. The van der Waals surface area contributed by atoms with Gasteiger partial charge in [-0.2, -0.15) is 0 Å². The van der Waals surface area contributed by atoms with E-state index in [1.165, 1.54) is 0 Å². The van der Waals surface area contributed by atoms with Crippen LogP contribution in [0.1, 0.15) is 25.0 Å². The summed E-state index contributed by atoms with van der Waals surface area (Å²) in [6, 6.07) is 6.11. The zero-order valence-electron chi connectivity index (χ0n) is 16.9. The normalized spacial score (nSPS) is 20.5. The molecule has 2 aliphatic rings. The number of ether oxygens (including phenoxy) is 2. The van der Waals surface area contributed by atoms with Gasteiger partial charge in [0, 0.05) is 44.1 Å². The lowest BCUT2D eigenvalue weighted by Crippen LogP contribution is -2.45. The Bertz CT molecular complexity index is 858. The third kappa shape index (κ3) is 3.63. The highest BCUT2D eigenvalue weighted by Crippen LogP contribution is 2.27. The molecule has 28 heavy (non-hydrogen) atoms.